The van der Waals surface area contributed by atoms with E-state index < -0.39 is 11.3 Å². The van der Waals surface area contributed by atoms with Crippen LogP contribution in [-0.2, 0) is 19.9 Å². The lowest BCUT2D eigenvalue weighted by Crippen LogP contribution is -2.62. The molecule has 1 saturated heterocycles. The first-order valence-electron chi connectivity index (χ1n) is 14.8. The van der Waals surface area contributed by atoms with Crippen LogP contribution in [0.5, 0.6) is 0 Å². The zero-order chi connectivity index (χ0) is 30.9. The molecule has 0 spiro atoms. The van der Waals surface area contributed by atoms with Crippen molar-refractivity contribution in [2.24, 2.45) is 10.9 Å². The van der Waals surface area contributed by atoms with Gasteiger partial charge in [0, 0.05) is 56.8 Å². The Labute approximate surface area is 254 Å². The van der Waals surface area contributed by atoms with Crippen molar-refractivity contribution in [2.45, 2.75) is 90.9 Å². The third-order valence-electron chi connectivity index (χ3n) is 8.38. The van der Waals surface area contributed by atoms with E-state index in [4.69, 9.17) is 21.3 Å². The number of rotatable bonds is 11. The zero-order valence-electron chi connectivity index (χ0n) is 25.7. The van der Waals surface area contributed by atoms with Crippen molar-refractivity contribution in [1.29, 1.82) is 0 Å². The van der Waals surface area contributed by atoms with Gasteiger partial charge in [-0.2, -0.15) is 4.99 Å². The van der Waals surface area contributed by atoms with Crippen molar-refractivity contribution < 1.29 is 23.9 Å². The molecule has 42 heavy (non-hydrogen) atoms. The average Bonchev–Trinajstić information content (AvgIpc) is 3.37. The highest BCUT2D eigenvalue weighted by Gasteiger charge is 2.45. The number of carbonyl (C=O) groups is 2. The lowest BCUT2D eigenvalue weighted by molar-refractivity contribution is -0.862. The van der Waals surface area contributed by atoms with Crippen LogP contribution in [0.15, 0.2) is 58.2 Å². The predicted molar refractivity (Wildman–Crippen MR) is 166 cm³/mol. The number of halogens is 1. The highest BCUT2D eigenvalue weighted by atomic mass is 35.5. The molecule has 228 valence electrons. The topological polar surface area (TPSA) is 112 Å². The van der Waals surface area contributed by atoms with Crippen LogP contribution in [0, 0.1) is 5.92 Å². The van der Waals surface area contributed by atoms with Crippen LogP contribution >= 0.6 is 11.6 Å². The van der Waals surface area contributed by atoms with E-state index in [-0.39, 0.29) is 40.5 Å². The number of nitrogens with zero attached hydrogens (tertiary/aromatic N) is 2. The highest BCUT2D eigenvalue weighted by molar-refractivity contribution is 6.31. The molecule has 9 nitrogen and oxygen atoms in total. The maximum absolute atomic E-state index is 13.3. The molecule has 2 aliphatic heterocycles. The third-order valence-corrected chi connectivity index (χ3v) is 8.79. The quantitative estimate of drug-likeness (QED) is 0.285. The summed E-state index contributed by atoms with van der Waals surface area (Å²) in [4.78, 5) is 29.4. The molecule has 2 heterocycles. The molecule has 3 aliphatic rings. The minimum atomic E-state index is -1.05. The van der Waals surface area contributed by atoms with E-state index in [9.17, 15) is 14.7 Å². The molecule has 1 fully saturated rings. The Morgan fingerprint density at radius 3 is 2.55 bits per heavy atom. The first kappa shape index (κ1) is 32.1. The average molecular weight is 599 g/mol. The normalized spacial score (nSPS) is 28.0. The number of benzene rings is 1. The highest BCUT2D eigenvalue weighted by Crippen LogP contribution is 2.47. The molecule has 10 heteroatoms. The van der Waals surface area contributed by atoms with Gasteiger partial charge in [-0.05, 0) is 45.8 Å². The monoisotopic (exact) mass is 598 g/mol. The molecule has 0 radical (unpaired) electrons. The van der Waals surface area contributed by atoms with Crippen LogP contribution < -0.4 is 16.0 Å². The van der Waals surface area contributed by atoms with Gasteiger partial charge in [0.25, 0.3) is 5.91 Å². The van der Waals surface area contributed by atoms with Gasteiger partial charge in [-0.25, -0.2) is 4.48 Å². The molecule has 4 N–H and O–H groups in total. The van der Waals surface area contributed by atoms with Crippen LogP contribution in [0.4, 0.5) is 0 Å². The predicted octanol–water partition coefficient (Wildman–Crippen LogP) is 4.24. The lowest BCUT2D eigenvalue weighted by atomic mass is 9.81. The van der Waals surface area contributed by atoms with Gasteiger partial charge in [-0.1, -0.05) is 41.9 Å². The number of aliphatic hydroxyl groups is 1. The Bertz CT molecular complexity index is 1330. The number of nitrogens with one attached hydrogen (secondary N) is 3. The number of ether oxygens (including phenoxy) is 1. The molecule has 0 bridgehead atoms. The van der Waals surface area contributed by atoms with Gasteiger partial charge in [0.15, 0.2) is 6.34 Å². The van der Waals surface area contributed by atoms with E-state index in [2.05, 4.69) is 16.0 Å². The Hall–Kier alpha value is -2.82. The Morgan fingerprint density at radius 2 is 2.00 bits per heavy atom. The smallest absolute Gasteiger partial charge is 0.251 e. The molecule has 1 aromatic carbocycles. The van der Waals surface area contributed by atoms with Gasteiger partial charge in [-0.15, -0.1) is 0 Å². The van der Waals surface area contributed by atoms with Gasteiger partial charge in [0.1, 0.15) is 17.5 Å². The van der Waals surface area contributed by atoms with Crippen molar-refractivity contribution in [1.82, 2.24) is 16.0 Å². The van der Waals surface area contributed by atoms with Crippen molar-refractivity contribution in [3.05, 3.63) is 64.3 Å². The van der Waals surface area contributed by atoms with Crippen molar-refractivity contribution >= 4 is 35.5 Å². The first-order chi connectivity index (χ1) is 19.7. The fourth-order valence-electron chi connectivity index (χ4n) is 5.97. The molecule has 1 aliphatic carbocycles. The number of aliphatic imine (C=N–C) groups is 1. The summed E-state index contributed by atoms with van der Waals surface area (Å²) in [5, 5.41) is 20.5. The third kappa shape index (κ3) is 6.40. The largest absolute Gasteiger partial charge is 0.362 e. The lowest BCUT2D eigenvalue weighted by Gasteiger charge is -2.40. The maximum Gasteiger partial charge on any atom is 0.251 e. The number of hydrogen-bond donors (Lipinski definition) is 4. The zero-order valence-corrected chi connectivity index (χ0v) is 26.5. The summed E-state index contributed by atoms with van der Waals surface area (Å²) < 4.78 is 6.80. The van der Waals surface area contributed by atoms with E-state index in [1.54, 1.807) is 26.3 Å². The minimum absolute atomic E-state index is 0.0667. The second-order valence-electron chi connectivity index (χ2n) is 12.4. The minimum Gasteiger partial charge on any atom is -0.362 e. The number of quaternary nitrogens is 1. The Kier molecular flexibility index (Phi) is 9.50. The second kappa shape index (κ2) is 12.4. The van der Waals surface area contributed by atoms with Crippen LogP contribution in [0.1, 0.15) is 72.4 Å². The Morgan fingerprint density at radius 1 is 1.29 bits per heavy atom. The Balaban J connectivity index is 1.59. The van der Waals surface area contributed by atoms with E-state index in [0.29, 0.717) is 23.6 Å². The summed E-state index contributed by atoms with van der Waals surface area (Å²) in [6.07, 6.45) is 8.22. The molecule has 4 rings (SSSR count). The molecule has 1 aromatic rings. The molecule has 0 saturated carbocycles. The van der Waals surface area contributed by atoms with Gasteiger partial charge >= 0.3 is 0 Å². The van der Waals surface area contributed by atoms with Crippen molar-refractivity contribution in [2.75, 3.05) is 13.1 Å². The fourth-order valence-corrected chi connectivity index (χ4v) is 6.31. The molecular formula is C32H45ClN5O4+. The summed E-state index contributed by atoms with van der Waals surface area (Å²) >= 11 is 7.08. The van der Waals surface area contributed by atoms with Gasteiger partial charge in [0.05, 0.1) is 23.8 Å². The number of amides is 2. The summed E-state index contributed by atoms with van der Waals surface area (Å²) in [5.41, 5.74) is 0.859. The van der Waals surface area contributed by atoms with Gasteiger partial charge in [0.2, 0.25) is 11.6 Å². The van der Waals surface area contributed by atoms with Crippen molar-refractivity contribution in [3.8, 4) is 0 Å². The van der Waals surface area contributed by atoms with Crippen LogP contribution in [0.25, 0.3) is 5.70 Å². The van der Waals surface area contributed by atoms with Gasteiger partial charge in [-0.3, -0.25) is 14.9 Å². The first-order valence-corrected chi connectivity index (χ1v) is 15.1. The fraction of sp³-hybridized carbons (Fsp3) is 0.531. The number of hydrogen-bond acceptors (Lipinski definition) is 6. The molecule has 2 amide bonds. The van der Waals surface area contributed by atoms with Crippen LogP contribution in [0.2, 0.25) is 0 Å². The molecular weight excluding hydrogens is 554 g/mol. The molecule has 4 unspecified atom stereocenters. The standard InChI is InChI=1S/C32H44ClN5O4/c1-8-38(31(6,7)41)18-27(35-19-38)25-11-9-10-12-26(25)32(42-20(2)3)14-13-23(16-28(32)33)30(40)36-21(4)15-24-17-34-29(24)37-22(5)39/h9-13,16,18-21,24,29,34,41H,8,14-15,17H2,1-7H3,(H-,36,37,39,40)/p+1/t21-,24?,29?,32?,38?/m0/s1. The summed E-state index contributed by atoms with van der Waals surface area (Å²) in [5.74, 6) is -0.0262. The number of carbonyl (C=O) groups excluding carboxylic acids is 2. The summed E-state index contributed by atoms with van der Waals surface area (Å²) in [6, 6.07) is 7.79. The van der Waals surface area contributed by atoms with Crippen LogP contribution in [0.3, 0.4) is 0 Å². The van der Waals surface area contributed by atoms with Crippen molar-refractivity contribution in [3.63, 3.8) is 0 Å². The van der Waals surface area contributed by atoms with Gasteiger partial charge < -0.3 is 20.5 Å². The summed E-state index contributed by atoms with van der Waals surface area (Å²) in [6.45, 7) is 14.4. The SMILES string of the molecule is CC[N+]1(C(C)(C)O)C=NC(c2ccccc2C2(OC(C)C)CC=C(C(=O)N[C@@H](C)CC3CNC3NC(C)=O)C=C2Cl)=C1. The van der Waals surface area contributed by atoms with Crippen LogP contribution in [-0.4, -0.2) is 64.9 Å². The summed E-state index contributed by atoms with van der Waals surface area (Å²) in [7, 11) is 0. The maximum atomic E-state index is 13.3. The van der Waals surface area contributed by atoms with E-state index in [0.717, 1.165) is 29.8 Å². The molecule has 0 aromatic heterocycles. The van der Waals surface area contributed by atoms with E-state index in [1.165, 1.54) is 6.92 Å². The second-order valence-corrected chi connectivity index (χ2v) is 12.8. The van der Waals surface area contributed by atoms with E-state index >= 15 is 0 Å². The van der Waals surface area contributed by atoms with E-state index in [1.807, 2.05) is 64.2 Å². The molecule has 5 atom stereocenters.